The molecule has 0 aliphatic heterocycles. The molecule has 39 heavy (non-hydrogen) atoms. The molecule has 1 fully saturated rings. The first-order chi connectivity index (χ1) is 19.0. The van der Waals surface area contributed by atoms with E-state index in [2.05, 4.69) is 20.3 Å². The van der Waals surface area contributed by atoms with Crippen molar-refractivity contribution in [1.82, 2.24) is 29.4 Å². The van der Waals surface area contributed by atoms with Gasteiger partial charge in [0.2, 0.25) is 0 Å². The number of hydrogen-bond acceptors (Lipinski definition) is 6. The van der Waals surface area contributed by atoms with Gasteiger partial charge in [-0.2, -0.15) is 0 Å². The van der Waals surface area contributed by atoms with Crippen LogP contribution in [0.15, 0.2) is 76.7 Å². The van der Waals surface area contributed by atoms with Crippen molar-refractivity contribution < 1.29 is 9.21 Å². The summed E-state index contributed by atoms with van der Waals surface area (Å²) in [7, 11) is 0. The zero-order valence-electron chi connectivity index (χ0n) is 21.4. The lowest BCUT2D eigenvalue weighted by atomic mass is 9.85. The number of halogens is 1. The molecule has 1 amide bonds. The van der Waals surface area contributed by atoms with Crippen molar-refractivity contribution >= 4 is 28.5 Å². The van der Waals surface area contributed by atoms with Gasteiger partial charge in [0.1, 0.15) is 5.69 Å². The molecule has 0 atom stereocenters. The fourth-order valence-electron chi connectivity index (χ4n) is 5.42. The van der Waals surface area contributed by atoms with E-state index in [9.17, 15) is 9.59 Å². The zero-order chi connectivity index (χ0) is 26.9. The lowest BCUT2D eigenvalue weighted by Gasteiger charge is -2.29. The third-order valence-electron chi connectivity index (χ3n) is 7.44. The van der Waals surface area contributed by atoms with Crippen LogP contribution in [0.4, 0.5) is 0 Å². The molecule has 0 saturated heterocycles. The number of pyridine rings is 2. The number of benzene rings is 1. The minimum atomic E-state index is -0.146. The van der Waals surface area contributed by atoms with Gasteiger partial charge in [-0.15, -0.1) is 0 Å². The summed E-state index contributed by atoms with van der Waals surface area (Å²) in [6.45, 7) is 2.42. The van der Waals surface area contributed by atoms with Crippen LogP contribution in [-0.4, -0.2) is 36.0 Å². The van der Waals surface area contributed by atoms with Crippen molar-refractivity contribution in [2.45, 2.75) is 45.2 Å². The van der Waals surface area contributed by atoms with Gasteiger partial charge < -0.3 is 9.73 Å². The Balaban J connectivity index is 1.20. The van der Waals surface area contributed by atoms with Gasteiger partial charge in [-0.05, 0) is 68.9 Å². The maximum absolute atomic E-state index is 13.8. The molecule has 198 valence electrons. The number of aryl methyl sites for hydroxylation is 1. The topological polar surface area (TPSA) is 108 Å². The lowest BCUT2D eigenvalue weighted by molar-refractivity contribution is 0.0919. The molecular formula is C29H27ClN6O3. The summed E-state index contributed by atoms with van der Waals surface area (Å²) in [5.74, 6) is 0.721. The molecule has 10 heteroatoms. The van der Waals surface area contributed by atoms with Gasteiger partial charge in [0, 0.05) is 25.0 Å². The molecule has 0 unspecified atom stereocenters. The second-order valence-corrected chi connectivity index (χ2v) is 10.4. The van der Waals surface area contributed by atoms with Crippen molar-refractivity contribution in [2.24, 2.45) is 5.92 Å². The molecule has 9 nitrogen and oxygen atoms in total. The van der Waals surface area contributed by atoms with E-state index in [1.165, 1.54) is 6.39 Å². The van der Waals surface area contributed by atoms with E-state index in [0.717, 1.165) is 36.7 Å². The highest BCUT2D eigenvalue weighted by Gasteiger charge is 2.26. The smallest absolute Gasteiger partial charge is 0.333 e. The molecule has 1 aromatic carbocycles. The minimum absolute atomic E-state index is 0.0801. The lowest BCUT2D eigenvalue weighted by Crippen LogP contribution is -2.39. The van der Waals surface area contributed by atoms with Crippen molar-refractivity contribution in [3.63, 3.8) is 0 Å². The first-order valence-electron chi connectivity index (χ1n) is 13.0. The number of oxazole rings is 1. The maximum Gasteiger partial charge on any atom is 0.333 e. The van der Waals surface area contributed by atoms with Gasteiger partial charge in [-0.25, -0.2) is 9.78 Å². The Kier molecular flexibility index (Phi) is 6.74. The third-order valence-corrected chi connectivity index (χ3v) is 7.65. The van der Waals surface area contributed by atoms with Crippen LogP contribution < -0.4 is 11.0 Å². The minimum Gasteiger partial charge on any atom is -0.442 e. The summed E-state index contributed by atoms with van der Waals surface area (Å²) in [4.78, 5) is 39.1. The van der Waals surface area contributed by atoms with E-state index >= 15 is 0 Å². The predicted octanol–water partition coefficient (Wildman–Crippen LogP) is 5.19. The molecule has 1 N–H and O–H groups in total. The fraction of sp³-hybridized carbons (Fsp3) is 0.276. The molecule has 4 aromatic heterocycles. The number of amides is 1. The number of nitrogens with zero attached hydrogens (tertiary/aromatic N) is 5. The van der Waals surface area contributed by atoms with Gasteiger partial charge in [-0.3, -0.25) is 23.9 Å². The van der Waals surface area contributed by atoms with Crippen LogP contribution in [-0.2, 0) is 6.54 Å². The van der Waals surface area contributed by atoms with E-state index in [0.29, 0.717) is 45.9 Å². The predicted molar refractivity (Wildman–Crippen MR) is 148 cm³/mol. The van der Waals surface area contributed by atoms with Gasteiger partial charge in [0.15, 0.2) is 12.2 Å². The number of aromatic nitrogens is 5. The summed E-state index contributed by atoms with van der Waals surface area (Å²) < 4.78 is 9.00. The number of rotatable bonds is 6. The SMILES string of the molecule is Cc1ncc(Cl)cc1C(=O)NC1CCC(Cn2c(=O)n(-c3ccnc(-c4cnco4)c3)c3ccccc32)CC1. The molecule has 0 spiro atoms. The van der Waals surface area contributed by atoms with Crippen LogP contribution in [0.2, 0.25) is 5.02 Å². The Bertz CT molecular complexity index is 1700. The number of carbonyl (C=O) groups excluding carboxylic acids is 1. The highest BCUT2D eigenvalue weighted by Crippen LogP contribution is 2.28. The van der Waals surface area contributed by atoms with E-state index < -0.39 is 0 Å². The number of nitrogens with one attached hydrogen (secondary N) is 1. The molecule has 5 aromatic rings. The molecular weight excluding hydrogens is 516 g/mol. The second kappa shape index (κ2) is 10.5. The van der Waals surface area contributed by atoms with Crippen molar-refractivity contribution in [1.29, 1.82) is 0 Å². The Hall–Kier alpha value is -4.24. The van der Waals surface area contributed by atoms with Crippen LogP contribution in [0.25, 0.3) is 28.2 Å². The van der Waals surface area contributed by atoms with Crippen LogP contribution in [0, 0.1) is 12.8 Å². The Morgan fingerprint density at radius 3 is 2.64 bits per heavy atom. The normalized spacial score (nSPS) is 17.4. The zero-order valence-corrected chi connectivity index (χ0v) is 22.1. The standard InChI is InChI=1S/C29H27ClN6O3/c1-18-23(12-20(30)14-33-18)28(37)34-21-8-6-19(7-9-21)16-35-25-4-2-3-5-26(25)36(29(35)38)22-10-11-32-24(13-22)27-15-31-17-39-27/h2-5,10-15,17,19,21H,6-9,16H2,1H3,(H,34,37). The highest BCUT2D eigenvalue weighted by atomic mass is 35.5. The maximum atomic E-state index is 13.8. The average Bonchev–Trinajstić information content (AvgIpc) is 3.58. The van der Waals surface area contributed by atoms with E-state index in [4.69, 9.17) is 16.0 Å². The van der Waals surface area contributed by atoms with E-state index in [1.807, 2.05) is 41.0 Å². The van der Waals surface area contributed by atoms with Crippen molar-refractivity contribution in [2.75, 3.05) is 0 Å². The summed E-state index contributed by atoms with van der Waals surface area (Å²) in [6.07, 6.45) is 9.69. The monoisotopic (exact) mass is 542 g/mol. The summed E-state index contributed by atoms with van der Waals surface area (Å²) in [5, 5.41) is 3.59. The van der Waals surface area contributed by atoms with Crippen LogP contribution in [0.1, 0.15) is 41.7 Å². The van der Waals surface area contributed by atoms with Gasteiger partial charge in [0.25, 0.3) is 5.91 Å². The fourth-order valence-corrected chi connectivity index (χ4v) is 5.58. The van der Waals surface area contributed by atoms with Gasteiger partial charge >= 0.3 is 5.69 Å². The quantitative estimate of drug-likeness (QED) is 0.316. The number of hydrogen-bond donors (Lipinski definition) is 1. The summed E-state index contributed by atoms with van der Waals surface area (Å²) in [6, 6.07) is 13.2. The van der Waals surface area contributed by atoms with Crippen LogP contribution in [0.5, 0.6) is 0 Å². The number of para-hydroxylation sites is 2. The molecule has 4 heterocycles. The highest BCUT2D eigenvalue weighted by molar-refractivity contribution is 6.30. The molecule has 6 rings (SSSR count). The first-order valence-corrected chi connectivity index (χ1v) is 13.3. The van der Waals surface area contributed by atoms with E-state index in [-0.39, 0.29) is 17.6 Å². The Morgan fingerprint density at radius 1 is 1.08 bits per heavy atom. The molecule has 0 bridgehead atoms. The number of carbonyl (C=O) groups is 1. The summed E-state index contributed by atoms with van der Waals surface area (Å²) in [5.41, 5.74) is 4.12. The van der Waals surface area contributed by atoms with Crippen LogP contribution >= 0.6 is 11.6 Å². The molecule has 1 aliphatic carbocycles. The van der Waals surface area contributed by atoms with Crippen LogP contribution in [0.3, 0.4) is 0 Å². The van der Waals surface area contributed by atoms with Crippen molar-refractivity contribution in [3.8, 4) is 17.1 Å². The Morgan fingerprint density at radius 2 is 1.87 bits per heavy atom. The second-order valence-electron chi connectivity index (χ2n) is 9.96. The van der Waals surface area contributed by atoms with Gasteiger partial charge in [-0.1, -0.05) is 23.7 Å². The Labute approximate surface area is 229 Å². The van der Waals surface area contributed by atoms with E-state index in [1.54, 1.807) is 36.1 Å². The largest absolute Gasteiger partial charge is 0.442 e. The van der Waals surface area contributed by atoms with Gasteiger partial charge in [0.05, 0.1) is 39.2 Å². The third kappa shape index (κ3) is 4.97. The molecule has 1 aliphatic rings. The summed E-state index contributed by atoms with van der Waals surface area (Å²) >= 11 is 6.04. The first kappa shape index (κ1) is 25.1. The average molecular weight is 543 g/mol. The number of imidazole rings is 1. The number of fused-ring (bicyclic) bond motifs is 1. The molecule has 0 radical (unpaired) electrons. The van der Waals surface area contributed by atoms with Crippen molar-refractivity contribution in [3.05, 3.63) is 94.2 Å². The molecule has 1 saturated carbocycles.